The maximum absolute atomic E-state index is 11.7. The first-order valence-corrected chi connectivity index (χ1v) is 5.82. The van der Waals surface area contributed by atoms with Crippen molar-refractivity contribution in [1.29, 1.82) is 0 Å². The molecule has 108 valence electrons. The third-order valence-electron chi connectivity index (χ3n) is 2.26. The molecule has 0 saturated heterocycles. The second-order valence-corrected chi connectivity index (χ2v) is 4.32. The standard InChI is InChI=1S/C12H17ClN2O3.ClH/c1-7(14)4-12(16)15-9-6-10(17-2)8(13)5-11(9)18-3;/h5-7H,4,14H2,1-3H3,(H,15,16);1H. The Kier molecular flexibility index (Phi) is 7.59. The van der Waals surface area contributed by atoms with E-state index in [1.165, 1.54) is 14.2 Å². The van der Waals surface area contributed by atoms with E-state index in [2.05, 4.69) is 5.32 Å². The SMILES string of the molecule is COc1cc(NC(=O)CC(C)N)c(OC)cc1Cl.Cl. The first-order chi connectivity index (χ1) is 8.47. The lowest BCUT2D eigenvalue weighted by Gasteiger charge is -2.13. The maximum atomic E-state index is 11.7. The van der Waals surface area contributed by atoms with Crippen molar-refractivity contribution >= 4 is 35.6 Å². The summed E-state index contributed by atoms with van der Waals surface area (Å²) in [7, 11) is 3.00. The predicted octanol–water partition coefficient (Wildman–Crippen LogP) is 2.45. The number of benzene rings is 1. The van der Waals surface area contributed by atoms with E-state index in [-0.39, 0.29) is 30.8 Å². The first kappa shape index (κ1) is 17.8. The number of amides is 1. The van der Waals surface area contributed by atoms with E-state index >= 15 is 0 Å². The van der Waals surface area contributed by atoms with Gasteiger partial charge in [-0.05, 0) is 6.92 Å². The molecular weight excluding hydrogens is 291 g/mol. The van der Waals surface area contributed by atoms with Gasteiger partial charge in [-0.25, -0.2) is 0 Å². The highest BCUT2D eigenvalue weighted by atomic mass is 35.5. The van der Waals surface area contributed by atoms with Gasteiger partial charge in [-0.3, -0.25) is 4.79 Å². The Bertz CT molecular complexity index is 439. The smallest absolute Gasteiger partial charge is 0.226 e. The van der Waals surface area contributed by atoms with Gasteiger partial charge in [0.25, 0.3) is 0 Å². The van der Waals surface area contributed by atoms with E-state index in [1.54, 1.807) is 19.1 Å². The Morgan fingerprint density at radius 3 is 2.42 bits per heavy atom. The number of nitrogens with two attached hydrogens (primary N) is 1. The van der Waals surface area contributed by atoms with Gasteiger partial charge in [0.15, 0.2) is 0 Å². The lowest BCUT2D eigenvalue weighted by atomic mass is 10.2. The summed E-state index contributed by atoms with van der Waals surface area (Å²) < 4.78 is 10.2. The summed E-state index contributed by atoms with van der Waals surface area (Å²) in [5, 5.41) is 3.13. The lowest BCUT2D eigenvalue weighted by molar-refractivity contribution is -0.116. The molecule has 0 radical (unpaired) electrons. The quantitative estimate of drug-likeness (QED) is 0.876. The van der Waals surface area contributed by atoms with Gasteiger partial charge in [-0.15, -0.1) is 12.4 Å². The van der Waals surface area contributed by atoms with E-state index in [0.29, 0.717) is 22.2 Å². The van der Waals surface area contributed by atoms with E-state index in [1.807, 2.05) is 0 Å². The molecule has 1 unspecified atom stereocenters. The van der Waals surface area contributed by atoms with Crippen molar-refractivity contribution in [1.82, 2.24) is 0 Å². The summed E-state index contributed by atoms with van der Waals surface area (Å²) in [6.07, 6.45) is 0.230. The van der Waals surface area contributed by atoms with Gasteiger partial charge in [0.05, 0.1) is 24.9 Å². The molecule has 0 heterocycles. The van der Waals surface area contributed by atoms with Crippen LogP contribution in [0.15, 0.2) is 12.1 Å². The second-order valence-electron chi connectivity index (χ2n) is 3.92. The van der Waals surface area contributed by atoms with E-state index in [4.69, 9.17) is 26.8 Å². The average Bonchev–Trinajstić information content (AvgIpc) is 2.29. The number of ether oxygens (including phenoxy) is 2. The van der Waals surface area contributed by atoms with E-state index < -0.39 is 0 Å². The molecule has 0 aliphatic heterocycles. The molecule has 0 aliphatic rings. The van der Waals surface area contributed by atoms with Crippen molar-refractivity contribution in [3.63, 3.8) is 0 Å². The molecule has 1 amide bonds. The van der Waals surface area contributed by atoms with Crippen molar-refractivity contribution in [2.45, 2.75) is 19.4 Å². The molecule has 0 aliphatic carbocycles. The van der Waals surface area contributed by atoms with Crippen LogP contribution in [0.25, 0.3) is 0 Å². The fourth-order valence-corrected chi connectivity index (χ4v) is 1.68. The van der Waals surface area contributed by atoms with Crippen LogP contribution in [-0.2, 0) is 4.79 Å². The van der Waals surface area contributed by atoms with Crippen molar-refractivity contribution in [3.05, 3.63) is 17.2 Å². The minimum Gasteiger partial charge on any atom is -0.495 e. The molecular formula is C12H18Cl2N2O3. The number of hydrogen-bond donors (Lipinski definition) is 2. The molecule has 0 spiro atoms. The predicted molar refractivity (Wildman–Crippen MR) is 78.7 cm³/mol. The second kappa shape index (κ2) is 8.09. The van der Waals surface area contributed by atoms with Crippen LogP contribution >= 0.6 is 24.0 Å². The number of nitrogens with one attached hydrogen (secondary N) is 1. The largest absolute Gasteiger partial charge is 0.495 e. The van der Waals surface area contributed by atoms with Crippen LogP contribution in [0.3, 0.4) is 0 Å². The zero-order valence-corrected chi connectivity index (χ0v) is 12.6. The van der Waals surface area contributed by atoms with Gasteiger partial charge in [0, 0.05) is 24.6 Å². The molecule has 0 bridgehead atoms. The molecule has 1 rings (SSSR count). The van der Waals surface area contributed by atoms with Gasteiger partial charge in [-0.2, -0.15) is 0 Å². The highest BCUT2D eigenvalue weighted by molar-refractivity contribution is 6.32. The van der Waals surface area contributed by atoms with Crippen molar-refractivity contribution in [2.24, 2.45) is 5.73 Å². The molecule has 19 heavy (non-hydrogen) atoms. The van der Waals surface area contributed by atoms with E-state index in [0.717, 1.165) is 0 Å². The van der Waals surface area contributed by atoms with Gasteiger partial charge >= 0.3 is 0 Å². The molecule has 1 atom stereocenters. The molecule has 7 heteroatoms. The van der Waals surface area contributed by atoms with Crippen molar-refractivity contribution in [3.8, 4) is 11.5 Å². The summed E-state index contributed by atoms with van der Waals surface area (Å²) in [4.78, 5) is 11.7. The van der Waals surface area contributed by atoms with Crippen LogP contribution in [0.5, 0.6) is 11.5 Å². The highest BCUT2D eigenvalue weighted by Crippen LogP contribution is 2.35. The zero-order valence-electron chi connectivity index (χ0n) is 11.0. The maximum Gasteiger partial charge on any atom is 0.226 e. The Labute approximate surface area is 123 Å². The molecule has 3 N–H and O–H groups in total. The minimum absolute atomic E-state index is 0. The Balaban J connectivity index is 0.00000324. The van der Waals surface area contributed by atoms with Crippen LogP contribution in [0.4, 0.5) is 5.69 Å². The molecule has 0 aromatic heterocycles. The lowest BCUT2D eigenvalue weighted by Crippen LogP contribution is -2.24. The van der Waals surface area contributed by atoms with Crippen molar-refractivity contribution < 1.29 is 14.3 Å². The van der Waals surface area contributed by atoms with Gasteiger partial charge in [-0.1, -0.05) is 11.6 Å². The first-order valence-electron chi connectivity index (χ1n) is 5.45. The number of halogens is 2. The number of carbonyl (C=O) groups is 1. The number of hydrogen-bond acceptors (Lipinski definition) is 4. The van der Waals surface area contributed by atoms with Crippen LogP contribution in [-0.4, -0.2) is 26.2 Å². The van der Waals surface area contributed by atoms with Gasteiger partial charge < -0.3 is 20.5 Å². The highest BCUT2D eigenvalue weighted by Gasteiger charge is 2.13. The molecule has 1 aromatic carbocycles. The Morgan fingerprint density at radius 2 is 1.95 bits per heavy atom. The third-order valence-corrected chi connectivity index (χ3v) is 2.55. The van der Waals surface area contributed by atoms with Gasteiger partial charge in [0.2, 0.25) is 5.91 Å². The van der Waals surface area contributed by atoms with Crippen LogP contribution in [0.1, 0.15) is 13.3 Å². The summed E-state index contributed by atoms with van der Waals surface area (Å²) in [5.74, 6) is 0.750. The molecule has 5 nitrogen and oxygen atoms in total. The number of methoxy groups -OCH3 is 2. The number of anilines is 1. The fraction of sp³-hybridized carbons (Fsp3) is 0.417. The average molecular weight is 309 g/mol. The minimum atomic E-state index is -0.204. The summed E-state index contributed by atoms with van der Waals surface area (Å²) >= 11 is 5.96. The topological polar surface area (TPSA) is 73.6 Å². The summed E-state index contributed by atoms with van der Waals surface area (Å²) in [6.45, 7) is 1.76. The monoisotopic (exact) mass is 308 g/mol. The van der Waals surface area contributed by atoms with Crippen molar-refractivity contribution in [2.75, 3.05) is 19.5 Å². The van der Waals surface area contributed by atoms with Gasteiger partial charge in [0.1, 0.15) is 11.5 Å². The van der Waals surface area contributed by atoms with E-state index in [9.17, 15) is 4.79 Å². The molecule has 1 aromatic rings. The molecule has 0 saturated carbocycles. The number of rotatable bonds is 5. The third kappa shape index (κ3) is 5.14. The molecule has 0 fully saturated rings. The Morgan fingerprint density at radius 1 is 1.37 bits per heavy atom. The number of carbonyl (C=O) groups excluding carboxylic acids is 1. The van der Waals surface area contributed by atoms with Crippen LogP contribution < -0.4 is 20.5 Å². The summed E-state index contributed by atoms with van der Waals surface area (Å²) in [6, 6.07) is 2.99. The van der Waals surface area contributed by atoms with Crippen LogP contribution in [0.2, 0.25) is 5.02 Å². The zero-order chi connectivity index (χ0) is 13.7. The fourth-order valence-electron chi connectivity index (χ4n) is 1.45. The Hall–Kier alpha value is -1.17. The summed E-state index contributed by atoms with van der Waals surface area (Å²) in [5.41, 5.74) is 6.06. The normalized spacial score (nSPS) is 11.2. The van der Waals surface area contributed by atoms with Crippen LogP contribution in [0, 0.1) is 0 Å².